The van der Waals surface area contributed by atoms with E-state index in [4.69, 9.17) is 29.4 Å². The topological polar surface area (TPSA) is 106 Å². The van der Waals surface area contributed by atoms with Crippen LogP contribution in [-0.2, 0) is 19.1 Å². The van der Waals surface area contributed by atoms with Crippen LogP contribution in [-0.4, -0.2) is 39.7 Å². The summed E-state index contributed by atoms with van der Waals surface area (Å²) in [4.78, 5) is 25.7. The van der Waals surface area contributed by atoms with Gasteiger partial charge in [0.1, 0.15) is 11.3 Å². The lowest BCUT2D eigenvalue weighted by Gasteiger charge is -2.33. The third-order valence-electron chi connectivity index (χ3n) is 5.03. The first-order chi connectivity index (χ1) is 14.0. The number of esters is 1. The molecule has 29 heavy (non-hydrogen) atoms. The molecule has 8 heteroatoms. The van der Waals surface area contributed by atoms with Crippen molar-refractivity contribution in [1.29, 1.82) is 0 Å². The molecular formula is C21H25NO7. The highest BCUT2D eigenvalue weighted by Crippen LogP contribution is 2.50. The lowest BCUT2D eigenvalue weighted by molar-refractivity contribution is -0.139. The van der Waals surface area contributed by atoms with Crippen LogP contribution >= 0.6 is 0 Å². The highest BCUT2D eigenvalue weighted by molar-refractivity contribution is 6.03. The van der Waals surface area contributed by atoms with Gasteiger partial charge in [-0.2, -0.15) is 0 Å². The smallest absolute Gasteiger partial charge is 0.340 e. The minimum atomic E-state index is -0.791. The van der Waals surface area contributed by atoms with E-state index in [0.717, 1.165) is 0 Å². The Morgan fingerprint density at radius 1 is 1.14 bits per heavy atom. The largest absolute Gasteiger partial charge is 0.493 e. The molecule has 0 spiro atoms. The van der Waals surface area contributed by atoms with Crippen molar-refractivity contribution in [3.8, 4) is 17.2 Å². The van der Waals surface area contributed by atoms with E-state index in [0.29, 0.717) is 53.4 Å². The normalized spacial score (nSPS) is 18.8. The summed E-state index contributed by atoms with van der Waals surface area (Å²) in [6, 6.07) is 3.42. The molecule has 1 aromatic carbocycles. The summed E-state index contributed by atoms with van der Waals surface area (Å²) in [6.45, 7) is 1.85. The Kier molecular flexibility index (Phi) is 6.00. The monoisotopic (exact) mass is 403 g/mol. The second kappa shape index (κ2) is 8.46. The van der Waals surface area contributed by atoms with Crippen molar-refractivity contribution in [3.05, 3.63) is 40.5 Å². The Hall–Kier alpha value is -3.16. The molecule has 0 fully saturated rings. The first-order valence-electron chi connectivity index (χ1n) is 9.38. The molecule has 0 unspecified atom stereocenters. The molecule has 0 aromatic heterocycles. The molecule has 0 radical (unpaired) electrons. The number of methoxy groups -OCH3 is 3. The van der Waals surface area contributed by atoms with Crippen LogP contribution in [0.15, 0.2) is 34.9 Å². The zero-order valence-electron chi connectivity index (χ0n) is 17.0. The number of hydrogen-bond acceptors (Lipinski definition) is 8. The summed E-state index contributed by atoms with van der Waals surface area (Å²) in [5.41, 5.74) is 7.14. The SMILES string of the molecule is CCOC(=O)C1=C(N)OC2=C(C(=O)CCC2)[C@H]1c1ccc(OC)c(OC)c1OC. The Morgan fingerprint density at radius 2 is 1.86 bits per heavy atom. The van der Waals surface area contributed by atoms with E-state index in [1.165, 1.54) is 21.3 Å². The van der Waals surface area contributed by atoms with Gasteiger partial charge >= 0.3 is 5.97 Å². The Bertz CT molecular complexity index is 901. The minimum Gasteiger partial charge on any atom is -0.493 e. The van der Waals surface area contributed by atoms with Gasteiger partial charge in [0, 0.05) is 24.0 Å². The Morgan fingerprint density at radius 3 is 2.48 bits per heavy atom. The van der Waals surface area contributed by atoms with Gasteiger partial charge in [-0.1, -0.05) is 6.07 Å². The second-order valence-corrected chi connectivity index (χ2v) is 6.57. The summed E-state index contributed by atoms with van der Waals surface area (Å²) >= 11 is 0. The van der Waals surface area contributed by atoms with Crippen LogP contribution in [0.4, 0.5) is 0 Å². The van der Waals surface area contributed by atoms with Crippen LogP contribution in [0.3, 0.4) is 0 Å². The number of rotatable bonds is 6. The fourth-order valence-electron chi connectivity index (χ4n) is 3.83. The van der Waals surface area contributed by atoms with E-state index in [2.05, 4.69) is 0 Å². The first kappa shape index (κ1) is 20.6. The minimum absolute atomic E-state index is 0.0706. The van der Waals surface area contributed by atoms with Crippen molar-refractivity contribution in [2.45, 2.75) is 32.1 Å². The third kappa shape index (κ3) is 3.50. The van der Waals surface area contributed by atoms with Gasteiger partial charge in [0.05, 0.1) is 33.9 Å². The van der Waals surface area contributed by atoms with Crippen LogP contribution < -0.4 is 19.9 Å². The molecule has 1 aliphatic heterocycles. The van der Waals surface area contributed by atoms with Gasteiger partial charge in [-0.25, -0.2) is 4.79 Å². The Balaban J connectivity index is 2.28. The van der Waals surface area contributed by atoms with E-state index in [1.807, 2.05) is 0 Å². The predicted octanol–water partition coefficient (Wildman–Crippen LogP) is 2.57. The summed E-state index contributed by atoms with van der Waals surface area (Å²) in [5, 5.41) is 0. The van der Waals surface area contributed by atoms with Crippen molar-refractivity contribution in [3.63, 3.8) is 0 Å². The molecule has 1 heterocycles. The highest BCUT2D eigenvalue weighted by atomic mass is 16.5. The van der Waals surface area contributed by atoms with E-state index in [9.17, 15) is 9.59 Å². The fourth-order valence-corrected chi connectivity index (χ4v) is 3.83. The number of carbonyl (C=O) groups is 2. The summed E-state index contributed by atoms with van der Waals surface area (Å²) < 4.78 is 27.3. The average molecular weight is 403 g/mol. The van der Waals surface area contributed by atoms with Gasteiger partial charge in [-0.05, 0) is 19.4 Å². The number of allylic oxidation sites excluding steroid dienone is 2. The molecule has 0 saturated heterocycles. The van der Waals surface area contributed by atoms with E-state index in [-0.39, 0.29) is 23.8 Å². The van der Waals surface area contributed by atoms with E-state index < -0.39 is 11.9 Å². The maximum Gasteiger partial charge on any atom is 0.340 e. The molecule has 156 valence electrons. The van der Waals surface area contributed by atoms with Gasteiger partial charge < -0.3 is 29.4 Å². The number of benzene rings is 1. The van der Waals surface area contributed by atoms with E-state index >= 15 is 0 Å². The molecule has 3 rings (SSSR count). The molecule has 1 atom stereocenters. The van der Waals surface area contributed by atoms with Gasteiger partial charge in [0.15, 0.2) is 17.3 Å². The number of ether oxygens (including phenoxy) is 5. The van der Waals surface area contributed by atoms with Crippen molar-refractivity contribution in [2.75, 3.05) is 27.9 Å². The quantitative estimate of drug-likeness (QED) is 0.723. The van der Waals surface area contributed by atoms with Crippen LogP contribution in [0, 0.1) is 0 Å². The zero-order chi connectivity index (χ0) is 21.1. The lowest BCUT2D eigenvalue weighted by Crippen LogP contribution is -2.31. The molecule has 8 nitrogen and oxygen atoms in total. The zero-order valence-corrected chi connectivity index (χ0v) is 17.0. The highest BCUT2D eigenvalue weighted by Gasteiger charge is 2.43. The summed E-state index contributed by atoms with van der Waals surface area (Å²) in [7, 11) is 4.48. The summed E-state index contributed by atoms with van der Waals surface area (Å²) in [5.74, 6) is 0.0376. The van der Waals surface area contributed by atoms with Gasteiger partial charge in [0.2, 0.25) is 11.6 Å². The molecule has 0 amide bonds. The lowest BCUT2D eigenvalue weighted by atomic mass is 9.76. The molecule has 1 aliphatic carbocycles. The van der Waals surface area contributed by atoms with Crippen LogP contribution in [0.25, 0.3) is 0 Å². The first-order valence-corrected chi connectivity index (χ1v) is 9.38. The van der Waals surface area contributed by atoms with Crippen LogP contribution in [0.2, 0.25) is 0 Å². The average Bonchev–Trinajstić information content (AvgIpc) is 2.71. The number of hydrogen-bond donors (Lipinski definition) is 1. The van der Waals surface area contributed by atoms with Crippen molar-refractivity contribution in [1.82, 2.24) is 0 Å². The standard InChI is InChI=1S/C21H25NO7/c1-5-28-21(24)17-15(16-12(23)7-6-8-13(16)29-20(17)22)11-9-10-14(25-2)19(27-4)18(11)26-3/h9-10,15H,5-8,22H2,1-4H3/t15-/m1/s1. The maximum atomic E-state index is 12.9. The molecule has 0 bridgehead atoms. The van der Waals surface area contributed by atoms with Crippen molar-refractivity contribution < 1.29 is 33.3 Å². The number of carbonyl (C=O) groups excluding carboxylic acids is 2. The van der Waals surface area contributed by atoms with Gasteiger partial charge in [0.25, 0.3) is 0 Å². The number of nitrogens with two attached hydrogens (primary N) is 1. The van der Waals surface area contributed by atoms with Gasteiger partial charge in [-0.15, -0.1) is 0 Å². The fraction of sp³-hybridized carbons (Fsp3) is 0.429. The van der Waals surface area contributed by atoms with Crippen LogP contribution in [0.1, 0.15) is 37.7 Å². The second-order valence-electron chi connectivity index (χ2n) is 6.57. The Labute approximate surface area is 169 Å². The third-order valence-corrected chi connectivity index (χ3v) is 5.03. The molecular weight excluding hydrogens is 378 g/mol. The van der Waals surface area contributed by atoms with Gasteiger partial charge in [-0.3, -0.25) is 4.79 Å². The van der Waals surface area contributed by atoms with E-state index in [1.54, 1.807) is 19.1 Å². The molecule has 1 aromatic rings. The van der Waals surface area contributed by atoms with Crippen LogP contribution in [0.5, 0.6) is 17.2 Å². The van der Waals surface area contributed by atoms with Crippen molar-refractivity contribution in [2.24, 2.45) is 5.73 Å². The summed E-state index contributed by atoms with van der Waals surface area (Å²) in [6.07, 6.45) is 1.59. The molecule has 2 aliphatic rings. The number of Topliss-reactive ketones (excluding diaryl/α,β-unsaturated/α-hetero) is 1. The number of ketones is 1. The predicted molar refractivity (Wildman–Crippen MR) is 104 cm³/mol. The maximum absolute atomic E-state index is 12.9. The van der Waals surface area contributed by atoms with Crippen molar-refractivity contribution >= 4 is 11.8 Å². The molecule has 2 N–H and O–H groups in total. The molecule has 0 saturated carbocycles.